The number of anilines is 2. The summed E-state index contributed by atoms with van der Waals surface area (Å²) >= 11 is 0. The molecule has 0 bridgehead atoms. The first-order valence-corrected chi connectivity index (χ1v) is 10.2. The minimum atomic E-state index is -0.683. The number of H-pyrrole nitrogens is 1. The molecule has 1 aliphatic heterocycles. The quantitative estimate of drug-likeness (QED) is 0.473. The Labute approximate surface area is 185 Å². The second kappa shape index (κ2) is 8.36. The molecule has 32 heavy (non-hydrogen) atoms. The fourth-order valence-electron chi connectivity index (χ4n) is 3.60. The Kier molecular flexibility index (Phi) is 5.59. The predicted octanol–water partition coefficient (Wildman–Crippen LogP) is 3.34. The third-order valence-corrected chi connectivity index (χ3v) is 5.01. The highest BCUT2D eigenvalue weighted by molar-refractivity contribution is 6.06. The van der Waals surface area contributed by atoms with Crippen molar-refractivity contribution < 1.29 is 13.9 Å². The molecule has 0 unspecified atom stereocenters. The number of nitrogens with zero attached hydrogens (tertiary/aromatic N) is 1. The topological polar surface area (TPSA) is 105 Å². The third kappa shape index (κ3) is 4.15. The Morgan fingerprint density at radius 1 is 1.31 bits per heavy atom. The number of nitrogens with one attached hydrogen (secondary N) is 3. The molecule has 0 fully saturated rings. The number of carbonyl (C=O) groups is 1. The molecule has 1 aliphatic rings. The number of amides is 1. The Balaban J connectivity index is 1.92. The van der Waals surface area contributed by atoms with Gasteiger partial charge in [0.1, 0.15) is 0 Å². The number of hydrogen-bond donors (Lipinski definition) is 4. The molecule has 5 N–H and O–H groups in total. The number of hydrogen-bond acceptors (Lipinski definition) is 5. The van der Waals surface area contributed by atoms with Gasteiger partial charge < -0.3 is 26.1 Å². The average Bonchev–Trinajstić information content (AvgIpc) is 3.11. The number of halogens is 1. The van der Waals surface area contributed by atoms with Crippen molar-refractivity contribution in [2.45, 2.75) is 25.8 Å². The minimum Gasteiger partial charge on any atom is -0.492 e. The molecule has 4 rings (SSSR count). The van der Waals surface area contributed by atoms with E-state index in [0.29, 0.717) is 41.2 Å². The molecule has 1 aromatic carbocycles. The number of aromatic nitrogens is 2. The Morgan fingerprint density at radius 3 is 2.88 bits per heavy atom. The SMILES string of the molecule is COc1c(F)cccc1Nc1c(-c2ccncc2C#CC(C)(C)N)[nH]c2c1C(=O)NCC2. The Hall–Kier alpha value is -3.83. The second-order valence-corrected chi connectivity index (χ2v) is 8.07. The molecule has 0 atom stereocenters. The molecule has 0 saturated heterocycles. The number of para-hydroxylation sites is 1. The van der Waals surface area contributed by atoms with E-state index in [1.54, 1.807) is 24.5 Å². The molecule has 7 nitrogen and oxygen atoms in total. The van der Waals surface area contributed by atoms with E-state index < -0.39 is 11.4 Å². The van der Waals surface area contributed by atoms with Gasteiger partial charge in [-0.2, -0.15) is 0 Å². The molecule has 0 saturated carbocycles. The van der Waals surface area contributed by atoms with Gasteiger partial charge in [0.05, 0.1) is 40.8 Å². The van der Waals surface area contributed by atoms with Crippen molar-refractivity contribution >= 4 is 17.3 Å². The van der Waals surface area contributed by atoms with E-state index in [2.05, 4.69) is 32.4 Å². The van der Waals surface area contributed by atoms with Crippen LogP contribution in [-0.4, -0.2) is 35.1 Å². The zero-order valence-corrected chi connectivity index (χ0v) is 18.1. The maximum Gasteiger partial charge on any atom is 0.255 e. The van der Waals surface area contributed by atoms with Crippen molar-refractivity contribution in [1.29, 1.82) is 0 Å². The summed E-state index contributed by atoms with van der Waals surface area (Å²) in [5, 5.41) is 6.09. The fourth-order valence-corrected chi connectivity index (χ4v) is 3.60. The van der Waals surface area contributed by atoms with Crippen LogP contribution in [0.4, 0.5) is 15.8 Å². The summed E-state index contributed by atoms with van der Waals surface area (Å²) in [6, 6.07) is 6.40. The number of nitrogens with two attached hydrogens (primary N) is 1. The molecule has 3 aromatic rings. The summed E-state index contributed by atoms with van der Waals surface area (Å²) in [6.45, 7) is 4.16. The molecule has 0 spiro atoms. The first-order chi connectivity index (χ1) is 15.3. The summed E-state index contributed by atoms with van der Waals surface area (Å²) in [4.78, 5) is 20.3. The van der Waals surface area contributed by atoms with Crippen molar-refractivity contribution in [3.05, 3.63) is 59.3 Å². The van der Waals surface area contributed by atoms with Crippen LogP contribution in [0.3, 0.4) is 0 Å². The van der Waals surface area contributed by atoms with Crippen LogP contribution >= 0.6 is 0 Å². The minimum absolute atomic E-state index is 0.0595. The number of benzene rings is 1. The van der Waals surface area contributed by atoms with Crippen LogP contribution < -0.4 is 21.1 Å². The molecule has 0 aliphatic carbocycles. The van der Waals surface area contributed by atoms with Crippen LogP contribution in [0, 0.1) is 17.7 Å². The van der Waals surface area contributed by atoms with Crippen LogP contribution in [0.15, 0.2) is 36.7 Å². The fraction of sp³-hybridized carbons (Fsp3) is 0.250. The lowest BCUT2D eigenvalue weighted by molar-refractivity contribution is 0.0947. The Morgan fingerprint density at radius 2 is 2.12 bits per heavy atom. The average molecular weight is 433 g/mol. The lowest BCUT2D eigenvalue weighted by Crippen LogP contribution is -2.31. The monoisotopic (exact) mass is 433 g/mol. The van der Waals surface area contributed by atoms with Gasteiger partial charge in [-0.1, -0.05) is 17.9 Å². The van der Waals surface area contributed by atoms with Crippen LogP contribution in [-0.2, 0) is 6.42 Å². The standard InChI is InChI=1S/C24H24FN5O2/c1-24(2,26)10-7-14-13-27-11-8-15(14)20-21(19-17(29-20)9-12-28-23(19)31)30-18-6-4-5-16(25)22(18)32-3/h4-6,8,11,13,29-30H,9,12,26H2,1-3H3,(H,28,31). The van der Waals surface area contributed by atoms with E-state index in [-0.39, 0.29) is 11.7 Å². The van der Waals surface area contributed by atoms with E-state index in [4.69, 9.17) is 10.5 Å². The van der Waals surface area contributed by atoms with Gasteiger partial charge >= 0.3 is 0 Å². The zero-order chi connectivity index (χ0) is 22.9. The molecule has 8 heteroatoms. The van der Waals surface area contributed by atoms with Gasteiger partial charge in [0.15, 0.2) is 11.6 Å². The van der Waals surface area contributed by atoms with E-state index in [1.807, 2.05) is 19.9 Å². The van der Waals surface area contributed by atoms with Gasteiger partial charge in [-0.15, -0.1) is 0 Å². The van der Waals surface area contributed by atoms with Crippen molar-refractivity contribution in [2.75, 3.05) is 19.0 Å². The number of ether oxygens (including phenoxy) is 1. The highest BCUT2D eigenvalue weighted by Gasteiger charge is 2.28. The van der Waals surface area contributed by atoms with Gasteiger partial charge in [-0.25, -0.2) is 4.39 Å². The van der Waals surface area contributed by atoms with Crippen molar-refractivity contribution in [3.63, 3.8) is 0 Å². The number of aromatic amines is 1. The van der Waals surface area contributed by atoms with Crippen LogP contribution in [0.5, 0.6) is 5.75 Å². The maximum absolute atomic E-state index is 14.3. The van der Waals surface area contributed by atoms with Gasteiger partial charge in [0, 0.05) is 36.6 Å². The summed E-state index contributed by atoms with van der Waals surface area (Å²) in [6.07, 6.45) is 3.94. The number of carbonyl (C=O) groups excluding carboxylic acids is 1. The molecular weight excluding hydrogens is 409 g/mol. The normalized spacial score (nSPS) is 13.0. The van der Waals surface area contributed by atoms with Gasteiger partial charge in [-0.05, 0) is 32.0 Å². The first-order valence-electron chi connectivity index (χ1n) is 10.2. The number of methoxy groups -OCH3 is 1. The summed E-state index contributed by atoms with van der Waals surface area (Å²) in [7, 11) is 1.40. The number of fused-ring (bicyclic) bond motifs is 1. The molecular formula is C24H24FN5O2. The van der Waals surface area contributed by atoms with Gasteiger partial charge in [0.25, 0.3) is 5.91 Å². The summed E-state index contributed by atoms with van der Waals surface area (Å²) < 4.78 is 19.6. The van der Waals surface area contributed by atoms with Crippen LogP contribution in [0.25, 0.3) is 11.3 Å². The van der Waals surface area contributed by atoms with E-state index in [9.17, 15) is 9.18 Å². The van der Waals surface area contributed by atoms with Crippen LogP contribution in [0.2, 0.25) is 0 Å². The second-order valence-electron chi connectivity index (χ2n) is 8.07. The zero-order valence-electron chi connectivity index (χ0n) is 18.1. The smallest absolute Gasteiger partial charge is 0.255 e. The third-order valence-electron chi connectivity index (χ3n) is 5.01. The summed E-state index contributed by atoms with van der Waals surface area (Å²) in [5.74, 6) is 5.46. The van der Waals surface area contributed by atoms with E-state index >= 15 is 0 Å². The van der Waals surface area contributed by atoms with Crippen molar-refractivity contribution in [2.24, 2.45) is 5.73 Å². The Bertz CT molecular complexity index is 1250. The van der Waals surface area contributed by atoms with Gasteiger partial charge in [0.2, 0.25) is 0 Å². The first kappa shape index (κ1) is 21.4. The number of rotatable bonds is 4. The largest absolute Gasteiger partial charge is 0.492 e. The molecule has 164 valence electrons. The van der Waals surface area contributed by atoms with E-state index in [1.165, 1.54) is 13.2 Å². The predicted molar refractivity (Wildman–Crippen MR) is 121 cm³/mol. The molecule has 0 radical (unpaired) electrons. The lowest BCUT2D eigenvalue weighted by atomic mass is 10.0. The summed E-state index contributed by atoms with van der Waals surface area (Å²) in [5.41, 5.74) is 9.59. The maximum atomic E-state index is 14.3. The number of pyridine rings is 1. The molecule has 2 aromatic heterocycles. The molecule has 1 amide bonds. The van der Waals surface area contributed by atoms with Crippen molar-refractivity contribution in [3.8, 4) is 28.8 Å². The molecule has 3 heterocycles. The van der Waals surface area contributed by atoms with E-state index in [0.717, 1.165) is 11.3 Å². The van der Waals surface area contributed by atoms with Crippen molar-refractivity contribution in [1.82, 2.24) is 15.3 Å². The van der Waals surface area contributed by atoms with Gasteiger partial charge in [-0.3, -0.25) is 9.78 Å². The highest BCUT2D eigenvalue weighted by Crippen LogP contribution is 2.40. The van der Waals surface area contributed by atoms with Crippen LogP contribution in [0.1, 0.15) is 35.5 Å². The lowest BCUT2D eigenvalue weighted by Gasteiger charge is -2.17. The highest BCUT2D eigenvalue weighted by atomic mass is 19.1.